The molecule has 2 aliphatic rings. The minimum Gasteiger partial charge on any atom is -0.456 e. The van der Waals surface area contributed by atoms with Gasteiger partial charge in [-0.25, -0.2) is 15.0 Å². The zero-order valence-corrected chi connectivity index (χ0v) is 31.7. The third-order valence-corrected chi connectivity index (χ3v) is 12.5. The van der Waals surface area contributed by atoms with Crippen molar-refractivity contribution in [2.75, 3.05) is 0 Å². The standard InChI is InChI=1S/C54H32N4O/c1-3-19-35-33(15-1)17-11-23-39(35)51-55-52(40-24-12-18-34-16-2-4-20-36(34)40)57-53(56-51)41-25-14-29-45-50(41)59-48-32-10-7-27-43(48)54(45)42-26-6-9-31-47(42)58-46-30-8-5-21-37(46)38-22-13-28-44(54)49(38)58/h1-32H. The summed E-state index contributed by atoms with van der Waals surface area (Å²) >= 11 is 0. The molecule has 1 unspecified atom stereocenters. The lowest BCUT2D eigenvalue weighted by Crippen LogP contribution is -2.38. The number of rotatable bonds is 3. The predicted molar refractivity (Wildman–Crippen MR) is 237 cm³/mol. The summed E-state index contributed by atoms with van der Waals surface area (Å²) in [5.41, 5.74) is 10.1. The van der Waals surface area contributed by atoms with Gasteiger partial charge in [-0.15, -0.1) is 0 Å². The topological polar surface area (TPSA) is 52.8 Å². The highest BCUT2D eigenvalue weighted by Gasteiger charge is 2.50. The van der Waals surface area contributed by atoms with Gasteiger partial charge in [0.05, 0.1) is 27.7 Å². The van der Waals surface area contributed by atoms with Crippen LogP contribution in [0, 0.1) is 0 Å². The minimum atomic E-state index is -0.718. The summed E-state index contributed by atoms with van der Waals surface area (Å²) in [7, 11) is 0. The summed E-state index contributed by atoms with van der Waals surface area (Å²) in [6, 6.07) is 68.8. The van der Waals surface area contributed by atoms with Crippen LogP contribution in [-0.2, 0) is 5.41 Å². The monoisotopic (exact) mass is 752 g/mol. The number of hydrogen-bond acceptors (Lipinski definition) is 4. The van der Waals surface area contributed by atoms with E-state index in [1.165, 1.54) is 32.9 Å². The highest BCUT2D eigenvalue weighted by Crippen LogP contribution is 2.61. The summed E-state index contributed by atoms with van der Waals surface area (Å²) < 4.78 is 9.63. The van der Waals surface area contributed by atoms with Gasteiger partial charge < -0.3 is 9.30 Å². The van der Waals surface area contributed by atoms with Crippen LogP contribution < -0.4 is 4.74 Å². The molecule has 59 heavy (non-hydrogen) atoms. The van der Waals surface area contributed by atoms with Crippen molar-refractivity contribution in [2.45, 2.75) is 5.41 Å². The van der Waals surface area contributed by atoms with Gasteiger partial charge in [0.15, 0.2) is 17.5 Å². The first-order valence-electron chi connectivity index (χ1n) is 20.0. The Morgan fingerprint density at radius 3 is 1.61 bits per heavy atom. The van der Waals surface area contributed by atoms with Crippen molar-refractivity contribution in [3.05, 3.63) is 216 Å². The van der Waals surface area contributed by atoms with E-state index in [2.05, 4.69) is 199 Å². The second-order valence-corrected chi connectivity index (χ2v) is 15.5. The van der Waals surface area contributed by atoms with Crippen molar-refractivity contribution in [1.29, 1.82) is 0 Å². The summed E-state index contributed by atoms with van der Waals surface area (Å²) in [6.07, 6.45) is 0. The number of benzene rings is 9. The molecule has 2 aliphatic heterocycles. The molecule has 5 heteroatoms. The van der Waals surface area contributed by atoms with Gasteiger partial charge in [-0.05, 0) is 56.9 Å². The molecule has 0 fully saturated rings. The predicted octanol–water partition coefficient (Wildman–Crippen LogP) is 13.1. The summed E-state index contributed by atoms with van der Waals surface area (Å²) in [5, 5.41) is 6.87. The number of nitrogens with zero attached hydrogens (tertiary/aromatic N) is 4. The summed E-state index contributed by atoms with van der Waals surface area (Å²) in [4.78, 5) is 16.0. The first-order valence-corrected chi connectivity index (χ1v) is 20.0. The van der Waals surface area contributed by atoms with Crippen LogP contribution in [0.2, 0.25) is 0 Å². The van der Waals surface area contributed by atoms with E-state index in [9.17, 15) is 0 Å². The second-order valence-electron chi connectivity index (χ2n) is 15.5. The number of para-hydroxylation sites is 5. The van der Waals surface area contributed by atoms with Crippen molar-refractivity contribution < 1.29 is 4.74 Å². The molecule has 0 bridgehead atoms. The van der Waals surface area contributed by atoms with Crippen LogP contribution in [0.3, 0.4) is 0 Å². The minimum absolute atomic E-state index is 0.550. The van der Waals surface area contributed by atoms with Crippen molar-refractivity contribution in [2.24, 2.45) is 0 Å². The van der Waals surface area contributed by atoms with E-state index in [4.69, 9.17) is 19.7 Å². The largest absolute Gasteiger partial charge is 0.456 e. The Morgan fingerprint density at radius 1 is 0.373 bits per heavy atom. The van der Waals surface area contributed by atoms with Crippen LogP contribution in [-0.4, -0.2) is 19.5 Å². The van der Waals surface area contributed by atoms with Crippen LogP contribution in [0.5, 0.6) is 11.5 Å². The molecule has 0 amide bonds. The van der Waals surface area contributed by atoms with Crippen molar-refractivity contribution in [1.82, 2.24) is 19.5 Å². The van der Waals surface area contributed by atoms with Crippen molar-refractivity contribution in [3.63, 3.8) is 0 Å². The Bertz CT molecular complexity index is 3460. The Labute approximate surface area is 339 Å². The Kier molecular flexibility index (Phi) is 6.59. The first-order chi connectivity index (χ1) is 29.3. The lowest BCUT2D eigenvalue weighted by atomic mass is 9.61. The quantitative estimate of drug-likeness (QED) is 0.180. The molecule has 2 aromatic heterocycles. The third kappa shape index (κ3) is 4.36. The highest BCUT2D eigenvalue weighted by molar-refractivity contribution is 6.12. The molecular weight excluding hydrogens is 721 g/mol. The van der Waals surface area contributed by atoms with E-state index in [0.717, 1.165) is 66.5 Å². The lowest BCUT2D eigenvalue weighted by Gasteiger charge is -2.45. The average molecular weight is 753 g/mol. The molecular formula is C54H32N4O. The molecule has 9 aromatic carbocycles. The average Bonchev–Trinajstić information content (AvgIpc) is 3.65. The molecule has 274 valence electrons. The fourth-order valence-electron chi connectivity index (χ4n) is 10.1. The zero-order valence-electron chi connectivity index (χ0n) is 31.7. The molecule has 0 aliphatic carbocycles. The SMILES string of the molecule is c1ccc2c(c1)Oc1c(-c3nc(-c4cccc5ccccc45)nc(-c4cccc5ccccc45)n3)cccc1C21c2ccccc2-n2c3ccccc3c3cccc1c32. The molecule has 0 saturated heterocycles. The Hall–Kier alpha value is -7.89. The molecule has 0 radical (unpaired) electrons. The fraction of sp³-hybridized carbons (Fsp3) is 0.0185. The summed E-state index contributed by atoms with van der Waals surface area (Å²) in [6.45, 7) is 0. The second kappa shape index (κ2) is 12.1. The first kappa shape index (κ1) is 32.2. The number of fused-ring (bicyclic) bond motifs is 13. The normalized spacial score (nSPS) is 15.0. The van der Waals surface area contributed by atoms with E-state index < -0.39 is 5.41 Å². The van der Waals surface area contributed by atoms with Gasteiger partial charge in [-0.2, -0.15) is 0 Å². The van der Waals surface area contributed by atoms with Crippen LogP contribution in [0.25, 0.3) is 83.2 Å². The Balaban J connectivity index is 1.14. The van der Waals surface area contributed by atoms with Gasteiger partial charge in [0, 0.05) is 33.0 Å². The van der Waals surface area contributed by atoms with Crippen LogP contribution in [0.15, 0.2) is 194 Å². The molecule has 13 rings (SSSR count). The molecule has 0 N–H and O–H groups in total. The van der Waals surface area contributed by atoms with Gasteiger partial charge in [0.2, 0.25) is 0 Å². The fourth-order valence-corrected chi connectivity index (χ4v) is 10.1. The Morgan fingerprint density at radius 2 is 0.864 bits per heavy atom. The molecule has 1 spiro atoms. The van der Waals surface area contributed by atoms with Gasteiger partial charge >= 0.3 is 0 Å². The van der Waals surface area contributed by atoms with E-state index in [1.54, 1.807) is 0 Å². The smallest absolute Gasteiger partial charge is 0.167 e. The molecule has 5 nitrogen and oxygen atoms in total. The van der Waals surface area contributed by atoms with Crippen molar-refractivity contribution in [3.8, 4) is 51.3 Å². The summed E-state index contributed by atoms with van der Waals surface area (Å²) in [5.74, 6) is 3.31. The zero-order chi connectivity index (χ0) is 38.7. The van der Waals surface area contributed by atoms with E-state index >= 15 is 0 Å². The molecule has 0 saturated carbocycles. The molecule has 1 atom stereocenters. The van der Waals surface area contributed by atoms with Crippen molar-refractivity contribution >= 4 is 43.4 Å². The van der Waals surface area contributed by atoms with Crippen LogP contribution in [0.4, 0.5) is 0 Å². The van der Waals surface area contributed by atoms with E-state index in [1.807, 2.05) is 0 Å². The lowest BCUT2D eigenvalue weighted by molar-refractivity contribution is 0.435. The van der Waals surface area contributed by atoms with E-state index in [-0.39, 0.29) is 0 Å². The third-order valence-electron chi connectivity index (χ3n) is 12.5. The van der Waals surface area contributed by atoms with Crippen LogP contribution >= 0.6 is 0 Å². The van der Waals surface area contributed by atoms with Gasteiger partial charge in [0.1, 0.15) is 11.5 Å². The number of ether oxygens (including phenoxy) is 1. The maximum atomic E-state index is 7.17. The number of hydrogen-bond donors (Lipinski definition) is 0. The van der Waals surface area contributed by atoms with Crippen LogP contribution in [0.1, 0.15) is 22.3 Å². The highest BCUT2D eigenvalue weighted by atomic mass is 16.5. The molecule has 11 aromatic rings. The number of aromatic nitrogens is 4. The maximum absolute atomic E-state index is 7.17. The van der Waals surface area contributed by atoms with E-state index in [0.29, 0.717) is 17.5 Å². The molecule has 4 heterocycles. The van der Waals surface area contributed by atoms with Gasteiger partial charge in [-0.3, -0.25) is 0 Å². The van der Waals surface area contributed by atoms with Gasteiger partial charge in [0.25, 0.3) is 0 Å². The van der Waals surface area contributed by atoms with Gasteiger partial charge in [-0.1, -0.05) is 170 Å². The maximum Gasteiger partial charge on any atom is 0.167 e.